The molecule has 3 aromatic carbocycles. The van der Waals surface area contributed by atoms with Crippen LogP contribution >= 0.6 is 15.9 Å². The zero-order valence-electron chi connectivity index (χ0n) is 19.4. The van der Waals surface area contributed by atoms with E-state index < -0.39 is 0 Å². The summed E-state index contributed by atoms with van der Waals surface area (Å²) in [5, 5.41) is 3.15. The van der Waals surface area contributed by atoms with Gasteiger partial charge in [-0.1, -0.05) is 58.4 Å². The molecule has 5 nitrogen and oxygen atoms in total. The molecule has 1 aliphatic rings. The van der Waals surface area contributed by atoms with Gasteiger partial charge in [-0.25, -0.2) is 4.98 Å². The third kappa shape index (κ3) is 4.93. The van der Waals surface area contributed by atoms with Crippen LogP contribution in [0.2, 0.25) is 0 Å². The van der Waals surface area contributed by atoms with Gasteiger partial charge in [-0.05, 0) is 74.3 Å². The predicted octanol–water partition coefficient (Wildman–Crippen LogP) is 5.62. The number of piperidine rings is 1. The van der Waals surface area contributed by atoms with Gasteiger partial charge in [0.2, 0.25) is 5.91 Å². The Bertz CT molecular complexity index is 1310. The van der Waals surface area contributed by atoms with Crippen molar-refractivity contribution in [3.05, 3.63) is 94.2 Å². The molecule has 1 N–H and O–H groups in total. The van der Waals surface area contributed by atoms with Gasteiger partial charge in [0.15, 0.2) is 0 Å². The van der Waals surface area contributed by atoms with Gasteiger partial charge < -0.3 is 5.32 Å². The molecule has 1 saturated heterocycles. The summed E-state index contributed by atoms with van der Waals surface area (Å²) in [5.74, 6) is 1.27. The fourth-order valence-electron chi connectivity index (χ4n) is 4.77. The fraction of sp³-hybridized carbons (Fsp3) is 0.286. The average molecular weight is 517 g/mol. The Morgan fingerprint density at radius 2 is 1.79 bits per heavy atom. The maximum Gasteiger partial charge on any atom is 0.223 e. The number of likely N-dealkylation sites (tertiary alicyclic amines) is 1. The van der Waals surface area contributed by atoms with E-state index in [2.05, 4.69) is 86.2 Å². The first-order valence-electron chi connectivity index (χ1n) is 11.9. The van der Waals surface area contributed by atoms with E-state index in [1.807, 2.05) is 24.3 Å². The van der Waals surface area contributed by atoms with Crippen LogP contribution in [0.1, 0.15) is 29.8 Å². The summed E-state index contributed by atoms with van der Waals surface area (Å²) in [7, 11) is 0. The van der Waals surface area contributed by atoms with Crippen molar-refractivity contribution < 1.29 is 4.79 Å². The summed E-state index contributed by atoms with van der Waals surface area (Å²) in [6.07, 6.45) is 1.74. The van der Waals surface area contributed by atoms with Crippen LogP contribution in [0.5, 0.6) is 0 Å². The molecule has 34 heavy (non-hydrogen) atoms. The zero-order chi connectivity index (χ0) is 23.5. The van der Waals surface area contributed by atoms with E-state index in [1.54, 1.807) is 0 Å². The molecule has 0 aliphatic carbocycles. The fourth-order valence-corrected chi connectivity index (χ4v) is 5.16. The van der Waals surface area contributed by atoms with E-state index in [1.165, 1.54) is 11.1 Å². The largest absolute Gasteiger partial charge is 0.352 e. The molecule has 1 fully saturated rings. The van der Waals surface area contributed by atoms with Gasteiger partial charge >= 0.3 is 0 Å². The van der Waals surface area contributed by atoms with Crippen LogP contribution in [0.3, 0.4) is 0 Å². The number of imidazole rings is 1. The third-order valence-corrected chi connectivity index (χ3v) is 7.23. The van der Waals surface area contributed by atoms with Crippen molar-refractivity contribution >= 4 is 32.9 Å². The number of hydrogen-bond acceptors (Lipinski definition) is 3. The summed E-state index contributed by atoms with van der Waals surface area (Å²) in [6.45, 7) is 5.23. The van der Waals surface area contributed by atoms with Crippen LogP contribution < -0.4 is 5.32 Å². The highest BCUT2D eigenvalue weighted by atomic mass is 79.9. The minimum Gasteiger partial charge on any atom is -0.352 e. The highest BCUT2D eigenvalue weighted by Crippen LogP contribution is 2.26. The van der Waals surface area contributed by atoms with Crippen molar-refractivity contribution in [3.63, 3.8) is 0 Å². The highest BCUT2D eigenvalue weighted by Gasteiger charge is 2.26. The predicted molar refractivity (Wildman–Crippen MR) is 140 cm³/mol. The second-order valence-corrected chi connectivity index (χ2v) is 9.94. The van der Waals surface area contributed by atoms with Crippen LogP contribution in [0.25, 0.3) is 16.7 Å². The minimum absolute atomic E-state index is 0.0733. The molecule has 0 spiro atoms. The Labute approximate surface area is 208 Å². The van der Waals surface area contributed by atoms with Crippen LogP contribution in [0.15, 0.2) is 77.3 Å². The number of para-hydroxylation sites is 2. The van der Waals surface area contributed by atoms with Crippen molar-refractivity contribution in [2.75, 3.05) is 13.1 Å². The lowest BCUT2D eigenvalue weighted by Crippen LogP contribution is -2.40. The molecule has 5 rings (SSSR count). The molecule has 1 aromatic heterocycles. The van der Waals surface area contributed by atoms with Crippen molar-refractivity contribution in [2.24, 2.45) is 5.92 Å². The van der Waals surface area contributed by atoms with E-state index in [-0.39, 0.29) is 11.8 Å². The summed E-state index contributed by atoms with van der Waals surface area (Å²) < 4.78 is 3.30. The number of amides is 1. The molecule has 1 amide bonds. The molecule has 4 aromatic rings. The van der Waals surface area contributed by atoms with E-state index in [9.17, 15) is 4.79 Å². The summed E-state index contributed by atoms with van der Waals surface area (Å²) in [5.41, 5.74) is 5.61. The Morgan fingerprint density at radius 3 is 2.59 bits per heavy atom. The van der Waals surface area contributed by atoms with Gasteiger partial charge in [-0.3, -0.25) is 14.3 Å². The van der Waals surface area contributed by atoms with E-state index in [0.717, 1.165) is 59.5 Å². The van der Waals surface area contributed by atoms with Crippen molar-refractivity contribution in [2.45, 2.75) is 32.9 Å². The van der Waals surface area contributed by atoms with Crippen LogP contribution in [-0.4, -0.2) is 33.4 Å². The molecule has 0 unspecified atom stereocenters. The number of aromatic nitrogens is 2. The maximum atomic E-state index is 12.8. The van der Waals surface area contributed by atoms with Crippen molar-refractivity contribution in [1.29, 1.82) is 0 Å². The smallest absolute Gasteiger partial charge is 0.223 e. The lowest BCUT2D eigenvalue weighted by atomic mass is 9.95. The van der Waals surface area contributed by atoms with Crippen LogP contribution in [0.4, 0.5) is 0 Å². The van der Waals surface area contributed by atoms with Crippen LogP contribution in [0, 0.1) is 12.8 Å². The molecule has 1 aliphatic heterocycles. The summed E-state index contributed by atoms with van der Waals surface area (Å²) in [4.78, 5) is 20.2. The molecular formula is C28H29BrN4O. The van der Waals surface area contributed by atoms with Gasteiger partial charge in [0.05, 0.1) is 17.6 Å². The van der Waals surface area contributed by atoms with Gasteiger partial charge in [-0.2, -0.15) is 0 Å². The molecule has 174 valence electrons. The van der Waals surface area contributed by atoms with Gasteiger partial charge in [-0.15, -0.1) is 0 Å². The number of nitrogens with one attached hydrogen (secondary N) is 1. The molecule has 2 heterocycles. The molecule has 6 heteroatoms. The minimum atomic E-state index is 0.0733. The van der Waals surface area contributed by atoms with Crippen molar-refractivity contribution in [1.82, 2.24) is 19.8 Å². The van der Waals surface area contributed by atoms with Crippen molar-refractivity contribution in [3.8, 4) is 5.69 Å². The first-order valence-corrected chi connectivity index (χ1v) is 12.6. The van der Waals surface area contributed by atoms with E-state index in [0.29, 0.717) is 6.54 Å². The maximum absolute atomic E-state index is 12.8. The Morgan fingerprint density at radius 1 is 1.03 bits per heavy atom. The van der Waals surface area contributed by atoms with Crippen LogP contribution in [-0.2, 0) is 17.9 Å². The average Bonchev–Trinajstić information content (AvgIpc) is 3.21. The number of benzene rings is 3. The topological polar surface area (TPSA) is 50.2 Å². The Hall–Kier alpha value is -2.96. The standard InChI is InChI=1S/C28H29BrN4O/c1-20-7-2-3-8-22(20)18-30-28(34)21-13-15-32(16-14-21)19-27-31-25-11-4-5-12-26(25)33(27)24-10-6-9-23(29)17-24/h2-12,17,21H,13-16,18-19H2,1H3,(H,30,34). The van der Waals surface area contributed by atoms with Gasteiger partial charge in [0.25, 0.3) is 0 Å². The second kappa shape index (κ2) is 10.1. The number of carbonyl (C=O) groups excluding carboxylic acids is 1. The zero-order valence-corrected chi connectivity index (χ0v) is 21.0. The Kier molecular flexibility index (Phi) is 6.79. The third-order valence-electron chi connectivity index (χ3n) is 6.73. The second-order valence-electron chi connectivity index (χ2n) is 9.03. The Balaban J connectivity index is 1.25. The summed E-state index contributed by atoms with van der Waals surface area (Å²) >= 11 is 3.60. The number of halogens is 1. The lowest BCUT2D eigenvalue weighted by Gasteiger charge is -2.31. The number of carbonyl (C=O) groups is 1. The first kappa shape index (κ1) is 22.8. The number of fused-ring (bicyclic) bond motifs is 1. The molecule has 0 saturated carbocycles. The quantitative estimate of drug-likeness (QED) is 0.361. The first-order chi connectivity index (χ1) is 16.6. The van der Waals surface area contributed by atoms with E-state index >= 15 is 0 Å². The SMILES string of the molecule is Cc1ccccc1CNC(=O)C1CCN(Cc2nc3ccccc3n2-c2cccc(Br)c2)CC1. The van der Waals surface area contributed by atoms with Gasteiger partial charge in [0.1, 0.15) is 5.82 Å². The monoisotopic (exact) mass is 516 g/mol. The van der Waals surface area contributed by atoms with E-state index in [4.69, 9.17) is 4.98 Å². The lowest BCUT2D eigenvalue weighted by molar-refractivity contribution is -0.126. The van der Waals surface area contributed by atoms with Gasteiger partial charge in [0, 0.05) is 22.6 Å². The molecule has 0 bridgehead atoms. The molecule has 0 atom stereocenters. The normalized spacial score (nSPS) is 15.0. The highest BCUT2D eigenvalue weighted by molar-refractivity contribution is 9.10. The number of hydrogen-bond donors (Lipinski definition) is 1. The molecule has 0 radical (unpaired) electrons. The number of nitrogens with zero attached hydrogens (tertiary/aromatic N) is 3. The molecular weight excluding hydrogens is 488 g/mol. The number of rotatable bonds is 6. The summed E-state index contributed by atoms with van der Waals surface area (Å²) in [6, 6.07) is 24.8. The number of aryl methyl sites for hydroxylation is 1.